The minimum absolute atomic E-state index is 0.257. The largest absolute Gasteiger partial charge is 0.339 e. The molecule has 0 aliphatic carbocycles. The van der Waals surface area contributed by atoms with Crippen molar-refractivity contribution in [3.8, 4) is 11.3 Å². The molecule has 3 aromatic carbocycles. The summed E-state index contributed by atoms with van der Waals surface area (Å²) in [4.78, 5) is 17.7. The molecule has 0 saturated carbocycles. The Labute approximate surface area is 179 Å². The van der Waals surface area contributed by atoms with Crippen molar-refractivity contribution >= 4 is 23.1 Å². The lowest BCUT2D eigenvalue weighted by atomic mass is 10.0. The number of nitrogens with zero attached hydrogens (tertiary/aromatic N) is 3. The van der Waals surface area contributed by atoms with Crippen LogP contribution in [0.4, 0.5) is 11.5 Å². The third kappa shape index (κ3) is 3.91. The minimum atomic E-state index is -0.848. The number of hydrogen-bond acceptors (Lipinski definition) is 5. The average molecular weight is 405 g/mol. The number of nitrogens with one attached hydrogen (secondary N) is 2. The molecule has 5 rings (SSSR count). The van der Waals surface area contributed by atoms with Crippen LogP contribution in [-0.2, 0) is 4.79 Å². The molecule has 0 radical (unpaired) electrons. The van der Waals surface area contributed by atoms with Crippen LogP contribution in [0.25, 0.3) is 11.3 Å². The number of anilines is 2. The highest BCUT2D eigenvalue weighted by atomic mass is 16.2. The molecule has 2 N–H and O–H groups in total. The van der Waals surface area contributed by atoms with E-state index in [2.05, 4.69) is 20.8 Å². The van der Waals surface area contributed by atoms with Crippen molar-refractivity contribution in [1.82, 2.24) is 10.2 Å². The highest BCUT2D eigenvalue weighted by molar-refractivity contribution is 6.19. The molecule has 4 aromatic rings. The Morgan fingerprint density at radius 1 is 0.710 bits per heavy atom. The molecule has 0 spiro atoms. The van der Waals surface area contributed by atoms with Crippen molar-refractivity contribution in [2.24, 2.45) is 4.99 Å². The van der Waals surface area contributed by atoms with Crippen LogP contribution in [0.3, 0.4) is 0 Å². The summed E-state index contributed by atoms with van der Waals surface area (Å²) in [6.45, 7) is 0. The number of rotatable bonds is 4. The number of aliphatic imine (C=N–C) groups is 1. The van der Waals surface area contributed by atoms with Crippen LogP contribution < -0.4 is 10.6 Å². The lowest BCUT2D eigenvalue weighted by molar-refractivity contribution is -0.116. The Bertz CT molecular complexity index is 1240. The van der Waals surface area contributed by atoms with Gasteiger partial charge in [-0.15, -0.1) is 10.2 Å². The van der Waals surface area contributed by atoms with Gasteiger partial charge in [-0.3, -0.25) is 4.79 Å². The smallest absolute Gasteiger partial charge is 0.269 e. The Balaban J connectivity index is 1.48. The molecule has 150 valence electrons. The van der Waals surface area contributed by atoms with E-state index < -0.39 is 6.17 Å². The molecule has 1 unspecified atom stereocenters. The van der Waals surface area contributed by atoms with Crippen LogP contribution in [-0.4, -0.2) is 28.0 Å². The van der Waals surface area contributed by atoms with Gasteiger partial charge in [0.2, 0.25) is 6.17 Å². The van der Waals surface area contributed by atoms with Gasteiger partial charge < -0.3 is 10.6 Å². The van der Waals surface area contributed by atoms with Gasteiger partial charge in [0, 0.05) is 16.7 Å². The zero-order valence-electron chi connectivity index (χ0n) is 16.6. The van der Waals surface area contributed by atoms with Crippen molar-refractivity contribution in [2.75, 3.05) is 10.6 Å². The normalized spacial score (nSPS) is 15.3. The maximum Gasteiger partial charge on any atom is 0.269 e. The number of fused-ring (bicyclic) bond motifs is 1. The van der Waals surface area contributed by atoms with Gasteiger partial charge in [-0.05, 0) is 18.2 Å². The van der Waals surface area contributed by atoms with Crippen molar-refractivity contribution in [3.63, 3.8) is 0 Å². The number of amides is 1. The van der Waals surface area contributed by atoms with E-state index in [0.29, 0.717) is 5.82 Å². The van der Waals surface area contributed by atoms with Gasteiger partial charge in [-0.25, -0.2) is 4.99 Å². The third-order valence-corrected chi connectivity index (χ3v) is 5.01. The first-order valence-electron chi connectivity index (χ1n) is 9.97. The molecule has 1 aliphatic heterocycles. The molecule has 0 saturated heterocycles. The molecule has 6 heteroatoms. The van der Waals surface area contributed by atoms with Crippen LogP contribution >= 0.6 is 0 Å². The highest BCUT2D eigenvalue weighted by Crippen LogP contribution is 2.25. The van der Waals surface area contributed by atoms with Crippen LogP contribution in [0.1, 0.15) is 11.1 Å². The lowest BCUT2D eigenvalue weighted by Crippen LogP contribution is -2.33. The van der Waals surface area contributed by atoms with Gasteiger partial charge in [0.15, 0.2) is 5.82 Å². The van der Waals surface area contributed by atoms with E-state index in [1.807, 2.05) is 91.0 Å². The molecule has 1 aliphatic rings. The lowest BCUT2D eigenvalue weighted by Gasteiger charge is -2.13. The van der Waals surface area contributed by atoms with Crippen molar-refractivity contribution in [1.29, 1.82) is 0 Å². The second kappa shape index (κ2) is 8.20. The zero-order valence-corrected chi connectivity index (χ0v) is 16.6. The molecule has 1 amide bonds. The van der Waals surface area contributed by atoms with Gasteiger partial charge in [-0.2, -0.15) is 0 Å². The van der Waals surface area contributed by atoms with E-state index in [1.54, 1.807) is 6.07 Å². The molecule has 1 atom stereocenters. The van der Waals surface area contributed by atoms with E-state index in [4.69, 9.17) is 4.99 Å². The summed E-state index contributed by atoms with van der Waals surface area (Å²) in [6, 6.07) is 31.0. The van der Waals surface area contributed by atoms with Crippen molar-refractivity contribution in [3.05, 3.63) is 108 Å². The topological polar surface area (TPSA) is 79.3 Å². The summed E-state index contributed by atoms with van der Waals surface area (Å²) in [6.07, 6.45) is -0.848. The second-order valence-electron chi connectivity index (χ2n) is 7.10. The van der Waals surface area contributed by atoms with E-state index in [9.17, 15) is 4.79 Å². The number of benzodiazepines with no additional fused rings is 1. The first-order valence-corrected chi connectivity index (χ1v) is 9.97. The van der Waals surface area contributed by atoms with Gasteiger partial charge in [-0.1, -0.05) is 78.9 Å². The Morgan fingerprint density at radius 3 is 2.10 bits per heavy atom. The predicted molar refractivity (Wildman–Crippen MR) is 122 cm³/mol. The summed E-state index contributed by atoms with van der Waals surface area (Å²) in [5.74, 6) is 0.217. The summed E-state index contributed by atoms with van der Waals surface area (Å²) < 4.78 is 0. The predicted octanol–water partition coefficient (Wildman–Crippen LogP) is 4.37. The highest BCUT2D eigenvalue weighted by Gasteiger charge is 2.26. The maximum absolute atomic E-state index is 12.9. The Morgan fingerprint density at radius 2 is 1.39 bits per heavy atom. The molecular weight excluding hydrogens is 386 g/mol. The van der Waals surface area contributed by atoms with Crippen LogP contribution in [0.15, 0.2) is 102 Å². The van der Waals surface area contributed by atoms with Crippen LogP contribution in [0.5, 0.6) is 0 Å². The first-order chi connectivity index (χ1) is 15.3. The molecule has 1 aromatic heterocycles. The fraction of sp³-hybridized carbons (Fsp3) is 0.0400. The fourth-order valence-electron chi connectivity index (χ4n) is 3.49. The van der Waals surface area contributed by atoms with Crippen molar-refractivity contribution in [2.45, 2.75) is 6.17 Å². The Hall–Kier alpha value is -4.32. The monoisotopic (exact) mass is 405 g/mol. The molecule has 2 heterocycles. The van der Waals surface area contributed by atoms with Crippen LogP contribution in [0.2, 0.25) is 0 Å². The standard InChI is InChI=1S/C25H19N5O/c31-25-24(27-22-16-15-20(29-30-22)17-9-3-1-4-10-17)28-23(18-11-5-2-6-12-18)19-13-7-8-14-21(19)26-25/h1-16,24H,(H,26,31)(H,27,30). The van der Waals surface area contributed by atoms with E-state index in [1.165, 1.54) is 0 Å². The van der Waals surface area contributed by atoms with Gasteiger partial charge in [0.1, 0.15) is 0 Å². The molecule has 6 nitrogen and oxygen atoms in total. The number of aromatic nitrogens is 2. The second-order valence-corrected chi connectivity index (χ2v) is 7.10. The quantitative estimate of drug-likeness (QED) is 0.528. The first kappa shape index (κ1) is 18.7. The summed E-state index contributed by atoms with van der Waals surface area (Å²) in [5, 5.41) is 14.6. The third-order valence-electron chi connectivity index (χ3n) is 5.01. The van der Waals surface area contributed by atoms with Crippen LogP contribution in [0, 0.1) is 0 Å². The molecule has 0 fully saturated rings. The molecular formula is C25H19N5O. The van der Waals surface area contributed by atoms with Gasteiger partial charge in [0.05, 0.1) is 17.1 Å². The fourth-order valence-corrected chi connectivity index (χ4v) is 3.49. The minimum Gasteiger partial charge on any atom is -0.339 e. The van der Waals surface area contributed by atoms with Gasteiger partial charge in [0.25, 0.3) is 5.91 Å². The van der Waals surface area contributed by atoms with E-state index in [0.717, 1.165) is 33.8 Å². The molecule has 0 bridgehead atoms. The number of hydrogen-bond donors (Lipinski definition) is 2. The number of benzene rings is 3. The van der Waals surface area contributed by atoms with Gasteiger partial charge >= 0.3 is 0 Å². The number of para-hydroxylation sites is 1. The summed E-state index contributed by atoms with van der Waals surface area (Å²) in [5.41, 5.74) is 5.01. The SMILES string of the molecule is O=C1Nc2ccccc2C(c2ccccc2)=NC1Nc1ccc(-c2ccccc2)nn1. The maximum atomic E-state index is 12.9. The summed E-state index contributed by atoms with van der Waals surface area (Å²) in [7, 11) is 0. The zero-order chi connectivity index (χ0) is 21.0. The van der Waals surface area contributed by atoms with Crippen molar-refractivity contribution < 1.29 is 4.79 Å². The summed E-state index contributed by atoms with van der Waals surface area (Å²) >= 11 is 0. The number of carbonyl (C=O) groups is 1. The molecule has 31 heavy (non-hydrogen) atoms. The van der Waals surface area contributed by atoms with E-state index in [-0.39, 0.29) is 5.91 Å². The average Bonchev–Trinajstić information content (AvgIpc) is 2.97. The number of carbonyl (C=O) groups excluding carboxylic acids is 1. The van der Waals surface area contributed by atoms with E-state index >= 15 is 0 Å². The Kier molecular flexibility index (Phi) is 4.94.